The molecule has 0 fully saturated rings. The largest absolute Gasteiger partial charge is 0.379 e. The van der Waals surface area contributed by atoms with Gasteiger partial charge in [-0.2, -0.15) is 0 Å². The molecule has 0 spiro atoms. The summed E-state index contributed by atoms with van der Waals surface area (Å²) in [4.78, 5) is 132. The van der Waals surface area contributed by atoms with Gasteiger partial charge in [-0.25, -0.2) is 0 Å². The van der Waals surface area contributed by atoms with Gasteiger partial charge in [0.05, 0.1) is 59.5 Å². The van der Waals surface area contributed by atoms with Crippen LogP contribution in [0.25, 0.3) is 0 Å². The van der Waals surface area contributed by atoms with E-state index in [9.17, 15) is 47.9 Å². The molecule has 0 radical (unpaired) electrons. The lowest BCUT2D eigenvalue weighted by atomic mass is 10.2. The average Bonchev–Trinajstić information content (AvgIpc) is 3.82. The van der Waals surface area contributed by atoms with Crippen molar-refractivity contribution in [2.45, 2.75) is 51.4 Å². The van der Waals surface area contributed by atoms with Gasteiger partial charge in [-0.05, 0) is 12.8 Å². The first-order valence-corrected chi connectivity index (χ1v) is 23.3. The van der Waals surface area contributed by atoms with Gasteiger partial charge in [0.2, 0.25) is 35.4 Å². The van der Waals surface area contributed by atoms with E-state index in [-0.39, 0.29) is 167 Å². The van der Waals surface area contributed by atoms with Gasteiger partial charge in [0.15, 0.2) is 9.03 Å². The zero-order chi connectivity index (χ0) is 49.6. The number of hydrogen-bond acceptors (Lipinski definition) is 17. The molecule has 2 aliphatic heterocycles. The van der Waals surface area contributed by atoms with Crippen molar-refractivity contribution in [3.05, 3.63) is 24.3 Å². The van der Waals surface area contributed by atoms with Crippen LogP contribution >= 0.6 is 9.03 Å². The van der Waals surface area contributed by atoms with Crippen LogP contribution in [0.4, 0.5) is 0 Å². The summed E-state index contributed by atoms with van der Waals surface area (Å²) in [6, 6.07) is 0. The van der Waals surface area contributed by atoms with Crippen molar-refractivity contribution in [3.63, 3.8) is 0 Å². The summed E-state index contributed by atoms with van der Waals surface area (Å²) in [5, 5.41) is 13.4. The molecule has 0 bridgehead atoms. The lowest BCUT2D eigenvalue weighted by Gasteiger charge is -2.23. The number of unbranched alkanes of at least 4 members (excludes halogenated alkanes) is 3. The fraction of sp³-hybridized carbons (Fsp3) is 0.667. The second-order valence-corrected chi connectivity index (χ2v) is 15.2. The molecule has 0 saturated heterocycles. The van der Waals surface area contributed by atoms with Crippen molar-refractivity contribution >= 4 is 68.1 Å². The molecule has 2 heterocycles. The molecular formula is C42H67N8O17P. The van der Waals surface area contributed by atoms with Gasteiger partial charge in [0.25, 0.3) is 23.6 Å². The second-order valence-electron chi connectivity index (χ2n) is 14.7. The van der Waals surface area contributed by atoms with E-state index in [1.807, 2.05) is 0 Å². The molecule has 0 aromatic rings. The van der Waals surface area contributed by atoms with Gasteiger partial charge >= 0.3 is 0 Å². The lowest BCUT2D eigenvalue weighted by molar-refractivity contribution is -0.139. The highest BCUT2D eigenvalue weighted by molar-refractivity contribution is 7.24. The van der Waals surface area contributed by atoms with Gasteiger partial charge in [-0.15, -0.1) is 0 Å². The topological polar surface area (TPSA) is 316 Å². The summed E-state index contributed by atoms with van der Waals surface area (Å²) < 4.78 is 32.0. The maximum atomic E-state index is 13.1. The SMILES string of the molecule is O=C(CCOCCOCCNC(=O)CCN1C(=O)C=CC1=O)NCCN(CCNC(=O)CCOCCOCCNC(=O)CCN1C(=O)C=CC1=O)C(=O)COCC(=O)NCCCCCCOPO. The van der Waals surface area contributed by atoms with E-state index in [0.717, 1.165) is 59.8 Å². The van der Waals surface area contributed by atoms with E-state index in [0.29, 0.717) is 13.2 Å². The number of carbonyl (C=O) groups excluding carboxylic acids is 10. The maximum Gasteiger partial charge on any atom is 0.253 e. The first kappa shape index (κ1) is 58.9. The molecule has 1 atom stereocenters. The van der Waals surface area contributed by atoms with Crippen LogP contribution < -0.4 is 26.6 Å². The van der Waals surface area contributed by atoms with Crippen molar-refractivity contribution in [2.24, 2.45) is 0 Å². The normalized spacial score (nSPS) is 13.2. The van der Waals surface area contributed by atoms with Crippen molar-refractivity contribution in [2.75, 3.05) is 132 Å². The van der Waals surface area contributed by atoms with Crippen LogP contribution in [-0.2, 0) is 76.2 Å². The Balaban J connectivity index is 1.59. The molecule has 0 aliphatic carbocycles. The molecule has 68 heavy (non-hydrogen) atoms. The fourth-order valence-electron chi connectivity index (χ4n) is 5.90. The predicted molar refractivity (Wildman–Crippen MR) is 241 cm³/mol. The lowest BCUT2D eigenvalue weighted by Crippen LogP contribution is -2.44. The Hall–Kier alpha value is -5.27. The number of imide groups is 2. The third kappa shape index (κ3) is 28.8. The van der Waals surface area contributed by atoms with Crippen molar-refractivity contribution < 1.29 is 81.0 Å². The monoisotopic (exact) mass is 986 g/mol. The van der Waals surface area contributed by atoms with Crippen LogP contribution in [0.5, 0.6) is 0 Å². The minimum Gasteiger partial charge on any atom is -0.379 e. The average molecular weight is 987 g/mol. The first-order chi connectivity index (χ1) is 32.9. The fourth-order valence-corrected chi connectivity index (χ4v) is 6.14. The highest BCUT2D eigenvalue weighted by Gasteiger charge is 2.24. The molecular weight excluding hydrogens is 919 g/mol. The van der Waals surface area contributed by atoms with Gasteiger partial charge in [0, 0.05) is 109 Å². The van der Waals surface area contributed by atoms with Crippen molar-refractivity contribution in [1.29, 1.82) is 0 Å². The van der Waals surface area contributed by atoms with E-state index in [1.165, 1.54) is 4.90 Å². The van der Waals surface area contributed by atoms with Crippen molar-refractivity contribution in [3.8, 4) is 0 Å². The summed E-state index contributed by atoms with van der Waals surface area (Å²) in [6.07, 6.45) is 7.95. The Bertz CT molecular complexity index is 1560. The smallest absolute Gasteiger partial charge is 0.253 e. The molecule has 1 unspecified atom stereocenters. The van der Waals surface area contributed by atoms with E-state index in [4.69, 9.17) is 33.1 Å². The maximum absolute atomic E-state index is 13.1. The third-order valence-corrected chi connectivity index (χ3v) is 9.87. The highest BCUT2D eigenvalue weighted by atomic mass is 31.1. The number of carbonyl (C=O) groups is 10. The van der Waals surface area contributed by atoms with Crippen LogP contribution in [-0.4, -0.2) is 210 Å². The molecule has 0 aromatic heterocycles. The quantitative estimate of drug-likeness (QED) is 0.0201. The van der Waals surface area contributed by atoms with E-state index in [1.54, 1.807) is 0 Å². The number of amides is 10. The molecule has 10 amide bonds. The number of nitrogens with zero attached hydrogens (tertiary/aromatic N) is 3. The standard InChI is InChI=1S/C42H67N8O17P/c51-33(9-18-49-38(56)5-6-39(49)57)46-16-25-64-29-27-62-23-11-35(53)44-14-20-48(42(60)32-66-31-37(55)43-13-3-1-2-4-22-67-68-61)21-15-45-36(54)12-24-63-28-30-65-26-17-47-34(52)10-19-50-40(58)7-8-41(50)59/h5-8,61,68H,1-4,9-32H2,(H,43,55)(H,44,53)(H,45,54)(H,46,51)(H,47,52). The van der Waals surface area contributed by atoms with Crippen LogP contribution in [0.2, 0.25) is 0 Å². The summed E-state index contributed by atoms with van der Waals surface area (Å²) in [7, 11) is -0.527. The number of hydrogen-bond donors (Lipinski definition) is 6. The van der Waals surface area contributed by atoms with Gasteiger partial charge < -0.3 is 64.6 Å². The molecule has 26 heteroatoms. The van der Waals surface area contributed by atoms with Gasteiger partial charge in [-0.3, -0.25) is 57.7 Å². The number of rotatable bonds is 42. The predicted octanol–water partition coefficient (Wildman–Crippen LogP) is -3.03. The van der Waals surface area contributed by atoms with E-state index < -0.39 is 45.2 Å². The van der Waals surface area contributed by atoms with E-state index >= 15 is 0 Å². The first-order valence-electron chi connectivity index (χ1n) is 22.5. The molecule has 0 aromatic carbocycles. The number of ether oxygens (including phenoxy) is 5. The number of nitrogens with one attached hydrogen (secondary N) is 5. The Kier molecular flexibility index (Phi) is 32.6. The molecule has 0 saturated carbocycles. The molecule has 2 rings (SSSR count). The van der Waals surface area contributed by atoms with Gasteiger partial charge in [-0.1, -0.05) is 12.8 Å². The van der Waals surface area contributed by atoms with E-state index in [2.05, 4.69) is 26.6 Å². The third-order valence-electron chi connectivity index (χ3n) is 9.53. The minimum atomic E-state index is -0.527. The Morgan fingerprint density at radius 3 is 1.34 bits per heavy atom. The van der Waals surface area contributed by atoms with Crippen LogP contribution in [0, 0.1) is 0 Å². The molecule has 2 aliphatic rings. The van der Waals surface area contributed by atoms with Crippen LogP contribution in [0.3, 0.4) is 0 Å². The summed E-state index contributed by atoms with van der Waals surface area (Å²) in [6.45, 7) is 2.37. The zero-order valence-corrected chi connectivity index (χ0v) is 39.4. The molecule has 382 valence electrons. The molecule has 6 N–H and O–H groups in total. The Labute approximate surface area is 397 Å². The Morgan fingerprint density at radius 1 is 0.456 bits per heavy atom. The van der Waals surface area contributed by atoms with Crippen LogP contribution in [0.1, 0.15) is 51.4 Å². The van der Waals surface area contributed by atoms with Gasteiger partial charge in [0.1, 0.15) is 13.2 Å². The minimum absolute atomic E-state index is 0.0105. The summed E-state index contributed by atoms with van der Waals surface area (Å²) in [5.74, 6) is -3.96. The summed E-state index contributed by atoms with van der Waals surface area (Å²) in [5.41, 5.74) is 0. The molecule has 25 nitrogen and oxygen atoms in total. The highest BCUT2D eigenvalue weighted by Crippen LogP contribution is 2.07. The second kappa shape index (κ2) is 37.7. The zero-order valence-electron chi connectivity index (χ0n) is 38.4. The summed E-state index contributed by atoms with van der Waals surface area (Å²) >= 11 is 0. The van der Waals surface area contributed by atoms with Crippen LogP contribution in [0.15, 0.2) is 24.3 Å². The van der Waals surface area contributed by atoms with Crippen molar-refractivity contribution in [1.82, 2.24) is 41.3 Å². The Morgan fingerprint density at radius 2 is 0.868 bits per heavy atom.